The first-order chi connectivity index (χ1) is 22.2. The molecule has 2 heterocycles. The maximum atomic E-state index is 13.9. The van der Waals surface area contributed by atoms with Crippen LogP contribution in [0.25, 0.3) is 0 Å². The van der Waals surface area contributed by atoms with Gasteiger partial charge in [-0.15, -0.1) is 0 Å². The van der Waals surface area contributed by atoms with Crippen LogP contribution in [0.2, 0.25) is 0 Å². The third-order valence-corrected chi connectivity index (χ3v) is 8.15. The lowest BCUT2D eigenvalue weighted by molar-refractivity contribution is -0.136. The van der Waals surface area contributed by atoms with Crippen molar-refractivity contribution in [2.75, 3.05) is 26.9 Å². The van der Waals surface area contributed by atoms with Crippen molar-refractivity contribution in [2.24, 2.45) is 5.92 Å². The Kier molecular flexibility index (Phi) is 10.7. The highest BCUT2D eigenvalue weighted by molar-refractivity contribution is 5.98. The Morgan fingerprint density at radius 3 is 1.91 bits per heavy atom. The first-order valence-corrected chi connectivity index (χ1v) is 15.2. The molecule has 0 aliphatic carbocycles. The highest BCUT2D eigenvalue weighted by Gasteiger charge is 2.50. The number of ketones is 1. The Morgan fingerprint density at radius 2 is 1.35 bits per heavy atom. The Morgan fingerprint density at radius 1 is 0.783 bits per heavy atom. The molecule has 0 saturated carbocycles. The van der Waals surface area contributed by atoms with Crippen LogP contribution in [-0.2, 0) is 48.0 Å². The van der Waals surface area contributed by atoms with E-state index in [1.807, 2.05) is 60.7 Å². The van der Waals surface area contributed by atoms with E-state index >= 15 is 0 Å². The minimum Gasteiger partial charge on any atom is -0.497 e. The molecule has 11 heteroatoms. The van der Waals surface area contributed by atoms with Gasteiger partial charge in [0.05, 0.1) is 33.0 Å². The van der Waals surface area contributed by atoms with E-state index in [9.17, 15) is 19.2 Å². The number of nitrogens with one attached hydrogen (secondary N) is 3. The van der Waals surface area contributed by atoms with Crippen molar-refractivity contribution in [1.82, 2.24) is 16.0 Å². The molecular formula is C35H39N3O8. The van der Waals surface area contributed by atoms with Gasteiger partial charge in [-0.05, 0) is 42.2 Å². The minimum atomic E-state index is -1.08. The molecule has 0 spiro atoms. The smallest absolute Gasteiger partial charge is 0.408 e. The number of Topliss-reactive ketones (excluding diaryl/α,β-unsaturated/α-hetero) is 1. The number of ether oxygens (including phenoxy) is 4. The summed E-state index contributed by atoms with van der Waals surface area (Å²) in [7, 11) is 1.56. The standard InChI is InChI=1S/C35H39N3O8/c1-35(22-46-35)31(39)28(17-23-9-5-3-6-10-23)36-32(40)29(18-24-13-15-27(43-2)16-14-24)37-33(41)30(26-20-44-21-26)38-34(42)45-19-25-11-7-4-8-12-25/h3-16,26,28-30H,17-22H2,1-2H3,(H,36,40)(H,37,41)(H,38,42)/t28-,29-,30-,35+/m0/s1. The number of amides is 3. The van der Waals surface area contributed by atoms with Crippen LogP contribution in [0, 0.1) is 5.92 Å². The number of hydrogen-bond donors (Lipinski definition) is 3. The maximum Gasteiger partial charge on any atom is 0.408 e. The molecule has 4 atom stereocenters. The topological polar surface area (TPSA) is 145 Å². The van der Waals surface area contributed by atoms with Crippen molar-refractivity contribution in [3.8, 4) is 5.75 Å². The minimum absolute atomic E-state index is 0.0319. The van der Waals surface area contributed by atoms with Crippen LogP contribution in [0.3, 0.4) is 0 Å². The van der Waals surface area contributed by atoms with Gasteiger partial charge in [0.25, 0.3) is 0 Å². The molecule has 0 radical (unpaired) electrons. The number of epoxide rings is 1. The zero-order valence-electron chi connectivity index (χ0n) is 25.9. The lowest BCUT2D eigenvalue weighted by atomic mass is 9.94. The first kappa shape index (κ1) is 32.6. The molecule has 3 amide bonds. The lowest BCUT2D eigenvalue weighted by Gasteiger charge is -2.34. The van der Waals surface area contributed by atoms with Gasteiger partial charge in [-0.1, -0.05) is 72.8 Å². The van der Waals surface area contributed by atoms with E-state index in [2.05, 4.69) is 16.0 Å². The third kappa shape index (κ3) is 8.70. The van der Waals surface area contributed by atoms with E-state index < -0.39 is 41.6 Å². The molecule has 2 aliphatic rings. The van der Waals surface area contributed by atoms with E-state index in [4.69, 9.17) is 18.9 Å². The van der Waals surface area contributed by atoms with Crippen LogP contribution in [0.4, 0.5) is 4.79 Å². The van der Waals surface area contributed by atoms with Crippen LogP contribution in [-0.4, -0.2) is 74.3 Å². The second-order valence-corrected chi connectivity index (χ2v) is 11.7. The number of alkyl carbamates (subject to hydrolysis) is 1. The van der Waals surface area contributed by atoms with Crippen LogP contribution >= 0.6 is 0 Å². The second-order valence-electron chi connectivity index (χ2n) is 11.7. The summed E-state index contributed by atoms with van der Waals surface area (Å²) < 4.78 is 21.3. The number of hydrogen-bond acceptors (Lipinski definition) is 8. The monoisotopic (exact) mass is 629 g/mol. The largest absolute Gasteiger partial charge is 0.497 e. The third-order valence-electron chi connectivity index (χ3n) is 8.15. The average molecular weight is 630 g/mol. The van der Waals surface area contributed by atoms with E-state index in [1.54, 1.807) is 38.3 Å². The first-order valence-electron chi connectivity index (χ1n) is 15.2. The van der Waals surface area contributed by atoms with Gasteiger partial charge in [-0.25, -0.2) is 4.79 Å². The Bertz CT molecular complexity index is 1490. The molecule has 2 aliphatic heterocycles. The highest BCUT2D eigenvalue weighted by Crippen LogP contribution is 2.29. The Labute approximate surface area is 267 Å². The fourth-order valence-corrected chi connectivity index (χ4v) is 5.15. The highest BCUT2D eigenvalue weighted by atomic mass is 16.6. The molecular weight excluding hydrogens is 590 g/mol. The van der Waals surface area contributed by atoms with Gasteiger partial charge in [0, 0.05) is 12.3 Å². The summed E-state index contributed by atoms with van der Waals surface area (Å²) in [6.07, 6.45) is -0.392. The van der Waals surface area contributed by atoms with Gasteiger partial charge in [-0.3, -0.25) is 14.4 Å². The number of rotatable bonds is 15. The number of benzene rings is 3. The zero-order valence-corrected chi connectivity index (χ0v) is 25.9. The van der Waals surface area contributed by atoms with E-state index in [0.717, 1.165) is 16.7 Å². The van der Waals surface area contributed by atoms with Crippen molar-refractivity contribution < 1.29 is 38.1 Å². The van der Waals surface area contributed by atoms with Crippen LogP contribution in [0.1, 0.15) is 23.6 Å². The van der Waals surface area contributed by atoms with Crippen molar-refractivity contribution in [3.05, 3.63) is 102 Å². The lowest BCUT2D eigenvalue weighted by Crippen LogP contribution is -2.61. The van der Waals surface area contributed by atoms with Gasteiger partial charge in [0.1, 0.15) is 30.0 Å². The van der Waals surface area contributed by atoms with Crippen molar-refractivity contribution >= 4 is 23.7 Å². The number of methoxy groups -OCH3 is 1. The van der Waals surface area contributed by atoms with Crippen LogP contribution in [0.15, 0.2) is 84.9 Å². The molecule has 242 valence electrons. The SMILES string of the molecule is COc1ccc(C[C@H](NC(=O)[C@@H](NC(=O)OCc2ccccc2)C2COC2)C(=O)N[C@@H](Cc2ccccc2)C(=O)[C@@]2(C)CO2)cc1. The van der Waals surface area contributed by atoms with Gasteiger partial charge in [0.2, 0.25) is 11.8 Å². The summed E-state index contributed by atoms with van der Waals surface area (Å²) >= 11 is 0. The quantitative estimate of drug-likeness (QED) is 0.218. The number of carbonyl (C=O) groups excluding carboxylic acids is 4. The van der Waals surface area contributed by atoms with E-state index in [0.29, 0.717) is 5.75 Å². The van der Waals surface area contributed by atoms with Crippen molar-refractivity contribution in [1.29, 1.82) is 0 Å². The summed E-state index contributed by atoms with van der Waals surface area (Å²) in [4.78, 5) is 53.9. The molecule has 0 aromatic heterocycles. The van der Waals surface area contributed by atoms with Gasteiger partial charge in [-0.2, -0.15) is 0 Å². The predicted octanol–water partition coefficient (Wildman–Crippen LogP) is 2.75. The molecule has 0 unspecified atom stereocenters. The van der Waals surface area contributed by atoms with Gasteiger partial charge < -0.3 is 34.9 Å². The maximum absolute atomic E-state index is 13.9. The van der Waals surface area contributed by atoms with Crippen LogP contribution in [0.5, 0.6) is 5.75 Å². The average Bonchev–Trinajstić information content (AvgIpc) is 3.81. The summed E-state index contributed by atoms with van der Waals surface area (Å²) in [5, 5.41) is 8.38. The fraction of sp³-hybridized carbons (Fsp3) is 0.371. The van der Waals surface area contributed by atoms with Crippen LogP contribution < -0.4 is 20.7 Å². The van der Waals surface area contributed by atoms with Crippen molar-refractivity contribution in [3.63, 3.8) is 0 Å². The van der Waals surface area contributed by atoms with E-state index in [-0.39, 0.29) is 51.0 Å². The molecule has 3 aromatic carbocycles. The fourth-order valence-electron chi connectivity index (χ4n) is 5.15. The zero-order chi connectivity index (χ0) is 32.5. The molecule has 2 fully saturated rings. The Hall–Kier alpha value is -4.74. The van der Waals surface area contributed by atoms with E-state index in [1.165, 1.54) is 0 Å². The summed E-state index contributed by atoms with van der Waals surface area (Å²) in [6.45, 7) is 2.53. The number of carbonyl (C=O) groups is 4. The normalized spacial score (nSPS) is 19.0. The summed E-state index contributed by atoms with van der Waals surface area (Å²) in [5.74, 6) is -1.02. The molecule has 0 bridgehead atoms. The Balaban J connectivity index is 1.32. The van der Waals surface area contributed by atoms with Gasteiger partial charge >= 0.3 is 6.09 Å². The molecule has 3 aromatic rings. The van der Waals surface area contributed by atoms with Gasteiger partial charge in [0.15, 0.2) is 5.78 Å². The second kappa shape index (κ2) is 15.0. The summed E-state index contributed by atoms with van der Waals surface area (Å²) in [6, 6.07) is 22.7. The van der Waals surface area contributed by atoms with Crippen molar-refractivity contribution in [2.45, 2.75) is 50.1 Å². The molecule has 11 nitrogen and oxygen atoms in total. The molecule has 46 heavy (non-hydrogen) atoms. The summed E-state index contributed by atoms with van der Waals surface area (Å²) in [5.41, 5.74) is 1.45. The predicted molar refractivity (Wildman–Crippen MR) is 168 cm³/mol. The molecule has 2 saturated heterocycles. The molecule has 5 rings (SSSR count). The molecule has 3 N–H and O–H groups in total.